The Kier molecular flexibility index (Phi) is 5.00. The first kappa shape index (κ1) is 16.0. The molecule has 0 spiro atoms. The molecular weight excluding hydrogens is 290 g/mol. The van der Waals surface area contributed by atoms with Gasteiger partial charge < -0.3 is 5.11 Å². The van der Waals surface area contributed by atoms with E-state index in [0.717, 1.165) is 19.3 Å². The summed E-state index contributed by atoms with van der Waals surface area (Å²) >= 11 is 0. The van der Waals surface area contributed by atoms with Crippen LogP contribution in [0.15, 0.2) is 29.2 Å². The van der Waals surface area contributed by atoms with E-state index in [0.29, 0.717) is 24.6 Å². The summed E-state index contributed by atoms with van der Waals surface area (Å²) in [5, 5.41) is 8.72. The standard InChI is InChI=1S/C15H21NO4S/c1-2-3-13-8-9-16(11-13)21(19,20)14-6-4-12(5-7-14)10-15(17)18/h4-7,13H,2-3,8-11H2,1H3,(H,17,18). The van der Waals surface area contributed by atoms with Gasteiger partial charge in [0, 0.05) is 13.1 Å². The van der Waals surface area contributed by atoms with Gasteiger partial charge in [0.2, 0.25) is 10.0 Å². The van der Waals surface area contributed by atoms with Gasteiger partial charge in [0.25, 0.3) is 0 Å². The van der Waals surface area contributed by atoms with Crippen molar-refractivity contribution in [3.63, 3.8) is 0 Å². The molecule has 1 unspecified atom stereocenters. The van der Waals surface area contributed by atoms with E-state index in [-0.39, 0.29) is 11.3 Å². The molecule has 1 aliphatic rings. The fourth-order valence-electron chi connectivity index (χ4n) is 2.76. The summed E-state index contributed by atoms with van der Waals surface area (Å²) < 4.78 is 26.6. The first-order valence-corrected chi connectivity index (χ1v) is 8.68. The van der Waals surface area contributed by atoms with E-state index in [1.54, 1.807) is 16.4 Å². The minimum absolute atomic E-state index is 0.0946. The summed E-state index contributed by atoms with van der Waals surface area (Å²) in [6.45, 7) is 3.27. The molecule has 1 N–H and O–H groups in total. The van der Waals surface area contributed by atoms with Crippen LogP contribution in [0.3, 0.4) is 0 Å². The van der Waals surface area contributed by atoms with E-state index in [1.807, 2.05) is 0 Å². The van der Waals surface area contributed by atoms with Crippen LogP contribution in [0.1, 0.15) is 31.7 Å². The van der Waals surface area contributed by atoms with Crippen LogP contribution in [0.4, 0.5) is 0 Å². The molecule has 1 aromatic rings. The van der Waals surface area contributed by atoms with Crippen LogP contribution in [0, 0.1) is 5.92 Å². The van der Waals surface area contributed by atoms with Gasteiger partial charge >= 0.3 is 5.97 Å². The lowest BCUT2D eigenvalue weighted by molar-refractivity contribution is -0.136. The fourth-order valence-corrected chi connectivity index (χ4v) is 4.29. The summed E-state index contributed by atoms with van der Waals surface area (Å²) in [6.07, 6.45) is 2.96. The number of carboxylic acid groups (broad SMARTS) is 1. The molecule has 1 heterocycles. The third kappa shape index (κ3) is 3.83. The van der Waals surface area contributed by atoms with E-state index in [9.17, 15) is 13.2 Å². The second-order valence-electron chi connectivity index (χ2n) is 5.52. The van der Waals surface area contributed by atoms with Crippen molar-refractivity contribution in [3.05, 3.63) is 29.8 Å². The smallest absolute Gasteiger partial charge is 0.307 e. The van der Waals surface area contributed by atoms with E-state index in [2.05, 4.69) is 6.92 Å². The Morgan fingerprint density at radius 1 is 1.33 bits per heavy atom. The predicted molar refractivity (Wildman–Crippen MR) is 79.6 cm³/mol. The van der Waals surface area contributed by atoms with Gasteiger partial charge in [-0.2, -0.15) is 4.31 Å². The maximum atomic E-state index is 12.5. The quantitative estimate of drug-likeness (QED) is 0.873. The Morgan fingerprint density at radius 2 is 2.00 bits per heavy atom. The average molecular weight is 311 g/mol. The van der Waals surface area contributed by atoms with Gasteiger partial charge in [0.1, 0.15) is 0 Å². The maximum Gasteiger partial charge on any atom is 0.307 e. The molecular formula is C15H21NO4S. The van der Waals surface area contributed by atoms with E-state index >= 15 is 0 Å². The van der Waals surface area contributed by atoms with Crippen molar-refractivity contribution < 1.29 is 18.3 Å². The van der Waals surface area contributed by atoms with Crippen molar-refractivity contribution >= 4 is 16.0 Å². The lowest BCUT2D eigenvalue weighted by Gasteiger charge is -2.16. The number of sulfonamides is 1. The van der Waals surface area contributed by atoms with Crippen molar-refractivity contribution in [3.8, 4) is 0 Å². The number of nitrogens with zero attached hydrogens (tertiary/aromatic N) is 1. The number of benzene rings is 1. The van der Waals surface area contributed by atoms with Crippen molar-refractivity contribution in [2.75, 3.05) is 13.1 Å². The third-order valence-corrected chi connectivity index (χ3v) is 5.74. The lowest BCUT2D eigenvalue weighted by Crippen LogP contribution is -2.28. The van der Waals surface area contributed by atoms with Crippen molar-refractivity contribution in [1.29, 1.82) is 0 Å². The fraction of sp³-hybridized carbons (Fsp3) is 0.533. The van der Waals surface area contributed by atoms with Gasteiger partial charge in [0.15, 0.2) is 0 Å². The highest BCUT2D eigenvalue weighted by atomic mass is 32.2. The first-order chi connectivity index (χ1) is 9.93. The molecule has 2 rings (SSSR count). The number of aliphatic carboxylic acids is 1. The number of carbonyl (C=O) groups is 1. The van der Waals surface area contributed by atoms with E-state index < -0.39 is 16.0 Å². The molecule has 6 heteroatoms. The average Bonchev–Trinajstić information content (AvgIpc) is 2.88. The summed E-state index contributed by atoms with van der Waals surface area (Å²) in [4.78, 5) is 10.9. The number of rotatable bonds is 6. The number of carboxylic acids is 1. The second-order valence-corrected chi connectivity index (χ2v) is 7.46. The Labute approximate surface area is 125 Å². The van der Waals surface area contributed by atoms with Crippen LogP contribution in [0.25, 0.3) is 0 Å². The van der Waals surface area contributed by atoms with Crippen LogP contribution in [-0.2, 0) is 21.2 Å². The summed E-state index contributed by atoms with van der Waals surface area (Å²) in [7, 11) is -3.45. The number of hydrogen-bond acceptors (Lipinski definition) is 3. The molecule has 0 bridgehead atoms. The molecule has 21 heavy (non-hydrogen) atoms. The minimum atomic E-state index is -3.45. The minimum Gasteiger partial charge on any atom is -0.481 e. The van der Waals surface area contributed by atoms with Gasteiger partial charge in [-0.25, -0.2) is 8.42 Å². The van der Waals surface area contributed by atoms with Crippen LogP contribution in [0.5, 0.6) is 0 Å². The molecule has 1 aromatic carbocycles. The molecule has 5 nitrogen and oxygen atoms in total. The Bertz CT molecular complexity index is 595. The Balaban J connectivity index is 2.11. The van der Waals surface area contributed by atoms with Crippen LogP contribution in [-0.4, -0.2) is 36.9 Å². The largest absolute Gasteiger partial charge is 0.481 e. The van der Waals surface area contributed by atoms with Gasteiger partial charge in [-0.15, -0.1) is 0 Å². The van der Waals surface area contributed by atoms with Crippen molar-refractivity contribution in [2.24, 2.45) is 5.92 Å². The zero-order valence-corrected chi connectivity index (χ0v) is 13.0. The third-order valence-electron chi connectivity index (χ3n) is 3.86. The Hall–Kier alpha value is -1.40. The molecule has 0 aromatic heterocycles. The molecule has 1 atom stereocenters. The molecule has 1 aliphatic heterocycles. The van der Waals surface area contributed by atoms with Crippen LogP contribution < -0.4 is 0 Å². The van der Waals surface area contributed by atoms with Gasteiger partial charge in [-0.3, -0.25) is 4.79 Å². The highest BCUT2D eigenvalue weighted by molar-refractivity contribution is 7.89. The summed E-state index contributed by atoms with van der Waals surface area (Å²) in [5.41, 5.74) is 0.603. The summed E-state index contributed by atoms with van der Waals surface area (Å²) in [6, 6.07) is 6.14. The van der Waals surface area contributed by atoms with Gasteiger partial charge in [-0.05, 0) is 36.5 Å². The van der Waals surface area contributed by atoms with Crippen LogP contribution in [0.2, 0.25) is 0 Å². The molecule has 0 aliphatic carbocycles. The second kappa shape index (κ2) is 6.58. The zero-order valence-electron chi connectivity index (χ0n) is 12.2. The first-order valence-electron chi connectivity index (χ1n) is 7.24. The predicted octanol–water partition coefficient (Wildman–Crippen LogP) is 2.12. The van der Waals surface area contributed by atoms with Gasteiger partial charge in [0.05, 0.1) is 11.3 Å². The number of hydrogen-bond donors (Lipinski definition) is 1. The highest BCUT2D eigenvalue weighted by Gasteiger charge is 2.31. The molecule has 0 amide bonds. The molecule has 1 saturated heterocycles. The molecule has 1 fully saturated rings. The van der Waals surface area contributed by atoms with Crippen molar-refractivity contribution in [2.45, 2.75) is 37.5 Å². The molecule has 116 valence electrons. The monoisotopic (exact) mass is 311 g/mol. The van der Waals surface area contributed by atoms with E-state index in [4.69, 9.17) is 5.11 Å². The summed E-state index contributed by atoms with van der Waals surface area (Å²) in [5.74, 6) is -0.469. The van der Waals surface area contributed by atoms with Crippen LogP contribution >= 0.6 is 0 Å². The topological polar surface area (TPSA) is 74.7 Å². The normalized spacial score (nSPS) is 19.8. The van der Waals surface area contributed by atoms with E-state index in [1.165, 1.54) is 12.1 Å². The van der Waals surface area contributed by atoms with Crippen molar-refractivity contribution in [1.82, 2.24) is 4.31 Å². The Morgan fingerprint density at radius 3 is 2.57 bits per heavy atom. The zero-order chi connectivity index (χ0) is 15.5. The van der Waals surface area contributed by atoms with Gasteiger partial charge in [-0.1, -0.05) is 25.5 Å². The SMILES string of the molecule is CCCC1CCN(S(=O)(=O)c2ccc(CC(=O)O)cc2)C1. The molecule has 0 radical (unpaired) electrons. The lowest BCUT2D eigenvalue weighted by atomic mass is 10.0. The molecule has 0 saturated carbocycles. The highest BCUT2D eigenvalue weighted by Crippen LogP contribution is 2.27. The maximum absolute atomic E-state index is 12.5.